The van der Waals surface area contributed by atoms with Crippen LogP contribution in [-0.4, -0.2) is 75.3 Å². The van der Waals surface area contributed by atoms with Crippen molar-refractivity contribution < 1.29 is 23.8 Å². The molecule has 0 bridgehead atoms. The Balaban J connectivity index is 1.74. The molecule has 0 saturated carbocycles. The smallest absolute Gasteiger partial charge is 0.249 e. The van der Waals surface area contributed by atoms with Crippen LogP contribution in [0, 0.1) is 6.92 Å². The highest BCUT2D eigenvalue weighted by Gasteiger charge is 2.33. The molecular formula is C24H31ClN2O5S. The molecule has 1 aromatic heterocycles. The molecule has 1 aliphatic rings. The lowest BCUT2D eigenvalue weighted by Gasteiger charge is -2.37. The van der Waals surface area contributed by atoms with Crippen molar-refractivity contribution in [3.8, 4) is 5.75 Å². The average molecular weight is 495 g/mol. The van der Waals surface area contributed by atoms with Gasteiger partial charge in [-0.15, -0.1) is 11.3 Å². The number of rotatable bonds is 11. The third-order valence-corrected chi connectivity index (χ3v) is 7.10. The van der Waals surface area contributed by atoms with Gasteiger partial charge in [0.25, 0.3) is 0 Å². The largest absolute Gasteiger partial charge is 0.491 e. The lowest BCUT2D eigenvalue weighted by molar-refractivity contribution is -0.144. The van der Waals surface area contributed by atoms with Gasteiger partial charge in [0.1, 0.15) is 19.0 Å². The van der Waals surface area contributed by atoms with Crippen molar-refractivity contribution in [2.45, 2.75) is 25.8 Å². The van der Waals surface area contributed by atoms with Crippen LogP contribution in [0.4, 0.5) is 0 Å². The highest BCUT2D eigenvalue weighted by atomic mass is 35.5. The van der Waals surface area contributed by atoms with Gasteiger partial charge in [-0.3, -0.25) is 9.59 Å². The molecule has 0 aliphatic carbocycles. The highest BCUT2D eigenvalue weighted by molar-refractivity contribution is 7.10. The Morgan fingerprint density at radius 2 is 2.06 bits per heavy atom. The standard InChI is InChI=1S/C24H31ClN2O5S/c1-17-13-18(5-6-20(17)25)32-15-21-19-8-12-33-22(19)7-10-27(21)23(28)14-26(9-4-11-30-2)24(29)16-31-3/h5-6,8,12-13,21H,4,7,9-11,14-16H2,1-3H3. The van der Waals surface area contributed by atoms with Gasteiger partial charge in [0.05, 0.1) is 12.6 Å². The number of fused-ring (bicyclic) bond motifs is 1. The lowest BCUT2D eigenvalue weighted by atomic mass is 10.0. The third-order valence-electron chi connectivity index (χ3n) is 5.68. The minimum Gasteiger partial charge on any atom is -0.491 e. The molecule has 1 atom stereocenters. The lowest BCUT2D eigenvalue weighted by Crippen LogP contribution is -2.48. The number of aryl methyl sites for hydroxylation is 1. The minimum atomic E-state index is -0.221. The fourth-order valence-corrected chi connectivity index (χ4v) is 4.96. The Morgan fingerprint density at radius 1 is 1.24 bits per heavy atom. The zero-order valence-corrected chi connectivity index (χ0v) is 20.9. The predicted octanol–water partition coefficient (Wildman–Crippen LogP) is 3.73. The van der Waals surface area contributed by atoms with E-state index in [0.29, 0.717) is 43.5 Å². The third kappa shape index (κ3) is 6.69. The molecule has 7 nitrogen and oxygen atoms in total. The molecule has 0 fully saturated rings. The number of amides is 2. The fraction of sp³-hybridized carbons (Fsp3) is 0.500. The van der Waals surface area contributed by atoms with Crippen molar-refractivity contribution in [1.29, 1.82) is 0 Å². The van der Waals surface area contributed by atoms with Gasteiger partial charge in [-0.1, -0.05) is 11.6 Å². The number of ether oxygens (including phenoxy) is 3. The summed E-state index contributed by atoms with van der Waals surface area (Å²) in [6.45, 7) is 3.74. The quantitative estimate of drug-likeness (QED) is 0.445. The molecule has 0 radical (unpaired) electrons. The van der Waals surface area contributed by atoms with Crippen molar-refractivity contribution >= 4 is 34.8 Å². The highest BCUT2D eigenvalue weighted by Crippen LogP contribution is 2.34. The van der Waals surface area contributed by atoms with Crippen molar-refractivity contribution in [3.05, 3.63) is 50.7 Å². The molecule has 2 amide bonds. The number of hydrogen-bond donors (Lipinski definition) is 0. The molecular weight excluding hydrogens is 464 g/mol. The number of methoxy groups -OCH3 is 2. The van der Waals surface area contributed by atoms with E-state index in [4.69, 9.17) is 25.8 Å². The molecule has 2 heterocycles. The fourth-order valence-electron chi connectivity index (χ4n) is 3.92. The number of nitrogens with zero attached hydrogens (tertiary/aromatic N) is 2. The maximum absolute atomic E-state index is 13.4. The molecule has 1 unspecified atom stereocenters. The summed E-state index contributed by atoms with van der Waals surface area (Å²) >= 11 is 7.83. The van der Waals surface area contributed by atoms with Gasteiger partial charge >= 0.3 is 0 Å². The number of hydrogen-bond acceptors (Lipinski definition) is 6. The van der Waals surface area contributed by atoms with E-state index in [9.17, 15) is 9.59 Å². The van der Waals surface area contributed by atoms with Gasteiger partial charge in [-0.05, 0) is 60.5 Å². The SMILES string of the molecule is COCCCN(CC(=O)N1CCc2sccc2C1COc1ccc(Cl)c(C)c1)C(=O)COC. The summed E-state index contributed by atoms with van der Waals surface area (Å²) < 4.78 is 16.2. The van der Waals surface area contributed by atoms with Crippen LogP contribution < -0.4 is 4.74 Å². The normalized spacial score (nSPS) is 15.3. The Hall–Kier alpha value is -2.13. The van der Waals surface area contributed by atoms with Crippen LogP contribution in [0.5, 0.6) is 5.75 Å². The van der Waals surface area contributed by atoms with E-state index in [0.717, 1.165) is 17.5 Å². The molecule has 0 spiro atoms. The maximum atomic E-state index is 13.4. The van der Waals surface area contributed by atoms with Crippen LogP contribution in [0.15, 0.2) is 29.6 Å². The first-order valence-electron chi connectivity index (χ1n) is 10.9. The van der Waals surface area contributed by atoms with E-state index < -0.39 is 0 Å². The molecule has 0 saturated heterocycles. The minimum absolute atomic E-state index is 0.00192. The van der Waals surface area contributed by atoms with Crippen molar-refractivity contribution in [1.82, 2.24) is 9.80 Å². The summed E-state index contributed by atoms with van der Waals surface area (Å²) in [7, 11) is 3.09. The molecule has 0 N–H and O–H groups in total. The number of thiophene rings is 1. The van der Waals surface area contributed by atoms with E-state index >= 15 is 0 Å². The molecule has 180 valence electrons. The van der Waals surface area contributed by atoms with E-state index in [1.165, 1.54) is 12.0 Å². The van der Waals surface area contributed by atoms with Gasteiger partial charge in [0.15, 0.2) is 0 Å². The second kappa shape index (κ2) is 12.4. The maximum Gasteiger partial charge on any atom is 0.249 e. The number of benzene rings is 1. The topological polar surface area (TPSA) is 68.3 Å². The zero-order valence-electron chi connectivity index (χ0n) is 19.3. The number of carbonyl (C=O) groups excluding carboxylic acids is 2. The second-order valence-corrected chi connectivity index (χ2v) is 9.38. The van der Waals surface area contributed by atoms with Crippen LogP contribution in [0.3, 0.4) is 0 Å². The van der Waals surface area contributed by atoms with E-state index in [1.54, 1.807) is 23.3 Å². The summed E-state index contributed by atoms with van der Waals surface area (Å²) in [6, 6.07) is 7.38. The zero-order chi connectivity index (χ0) is 23.8. The Morgan fingerprint density at radius 3 is 2.79 bits per heavy atom. The molecule has 9 heteroatoms. The number of carbonyl (C=O) groups is 2. The van der Waals surface area contributed by atoms with Crippen LogP contribution >= 0.6 is 22.9 Å². The van der Waals surface area contributed by atoms with E-state index in [2.05, 4.69) is 11.4 Å². The summed E-state index contributed by atoms with van der Waals surface area (Å²) in [5.74, 6) is 0.400. The van der Waals surface area contributed by atoms with Gasteiger partial charge < -0.3 is 24.0 Å². The molecule has 3 rings (SSSR count). The van der Waals surface area contributed by atoms with Crippen LogP contribution in [-0.2, 0) is 25.5 Å². The Kier molecular flexibility index (Phi) is 9.55. The first-order valence-corrected chi connectivity index (χ1v) is 12.2. The van der Waals surface area contributed by atoms with Crippen molar-refractivity contribution in [3.63, 3.8) is 0 Å². The summed E-state index contributed by atoms with van der Waals surface area (Å²) in [4.78, 5) is 30.6. The molecule has 2 aromatic rings. The van der Waals surface area contributed by atoms with Gasteiger partial charge in [0, 0.05) is 43.8 Å². The van der Waals surface area contributed by atoms with Gasteiger partial charge in [-0.2, -0.15) is 0 Å². The second-order valence-electron chi connectivity index (χ2n) is 7.97. The summed E-state index contributed by atoms with van der Waals surface area (Å²) in [5, 5.41) is 2.74. The monoisotopic (exact) mass is 494 g/mol. The van der Waals surface area contributed by atoms with Crippen molar-refractivity contribution in [2.75, 3.05) is 53.7 Å². The van der Waals surface area contributed by atoms with Crippen molar-refractivity contribution in [2.24, 2.45) is 0 Å². The van der Waals surface area contributed by atoms with Gasteiger partial charge in [-0.25, -0.2) is 0 Å². The Labute approximate surface area is 204 Å². The number of halogens is 1. The average Bonchev–Trinajstić information content (AvgIpc) is 3.28. The van der Waals surface area contributed by atoms with Gasteiger partial charge in [0.2, 0.25) is 11.8 Å². The van der Waals surface area contributed by atoms with E-state index in [-0.39, 0.29) is 31.0 Å². The van der Waals surface area contributed by atoms with Crippen LogP contribution in [0.25, 0.3) is 0 Å². The summed E-state index contributed by atoms with van der Waals surface area (Å²) in [5.41, 5.74) is 2.05. The molecule has 1 aromatic carbocycles. The Bertz CT molecular complexity index is 951. The predicted molar refractivity (Wildman–Crippen MR) is 129 cm³/mol. The first kappa shape index (κ1) is 25.5. The van der Waals surface area contributed by atoms with Crippen LogP contribution in [0.2, 0.25) is 5.02 Å². The summed E-state index contributed by atoms with van der Waals surface area (Å²) in [6.07, 6.45) is 1.45. The molecule has 1 aliphatic heterocycles. The first-order chi connectivity index (χ1) is 15.9. The van der Waals surface area contributed by atoms with Crippen LogP contribution in [0.1, 0.15) is 28.5 Å². The molecule has 33 heavy (non-hydrogen) atoms. The van der Waals surface area contributed by atoms with E-state index in [1.807, 2.05) is 30.0 Å².